The number of carbonyl (C=O) groups is 2. The summed E-state index contributed by atoms with van der Waals surface area (Å²) < 4.78 is 5.07. The largest absolute Gasteiger partial charge is 0.460 e. The quantitative estimate of drug-likeness (QED) is 0.365. The van der Waals surface area contributed by atoms with E-state index in [2.05, 4.69) is 5.32 Å². The molecule has 24 heavy (non-hydrogen) atoms. The van der Waals surface area contributed by atoms with Crippen molar-refractivity contribution in [1.29, 1.82) is 0 Å². The Morgan fingerprint density at radius 1 is 1.38 bits per heavy atom. The number of thiophene rings is 1. The molecule has 0 fully saturated rings. The minimum atomic E-state index is -0.598. The maximum absolute atomic E-state index is 12.0. The first kappa shape index (κ1) is 17.9. The van der Waals surface area contributed by atoms with Crippen molar-refractivity contribution in [3.05, 3.63) is 60.8 Å². The van der Waals surface area contributed by atoms with Gasteiger partial charge in [-0.3, -0.25) is 14.9 Å². The van der Waals surface area contributed by atoms with Gasteiger partial charge in [-0.05, 0) is 30.0 Å². The third kappa shape index (κ3) is 4.30. The number of aryl methyl sites for hydroxylation is 1. The fraction of sp³-hybridized carbons (Fsp3) is 0.200. The number of nitrogens with one attached hydrogen (secondary N) is 1. The number of esters is 1. The topological polar surface area (TPSA) is 98.5 Å². The van der Waals surface area contributed by atoms with Gasteiger partial charge in [0.2, 0.25) is 0 Å². The van der Waals surface area contributed by atoms with Crippen LogP contribution in [-0.4, -0.2) is 30.0 Å². The van der Waals surface area contributed by atoms with Crippen molar-refractivity contribution < 1.29 is 19.2 Å². The molecule has 0 spiro atoms. The number of ether oxygens (including phenoxy) is 1. The van der Waals surface area contributed by atoms with E-state index in [4.69, 9.17) is 16.3 Å². The lowest BCUT2D eigenvalue weighted by molar-refractivity contribution is -0.384. The summed E-state index contributed by atoms with van der Waals surface area (Å²) in [6, 6.07) is 5.40. The molecule has 0 aliphatic carbocycles. The molecular formula is C15H13ClN2O5S. The summed E-state index contributed by atoms with van der Waals surface area (Å²) in [5.41, 5.74) is 0.756. The van der Waals surface area contributed by atoms with Gasteiger partial charge < -0.3 is 10.1 Å². The first-order chi connectivity index (χ1) is 11.4. The Bertz CT molecular complexity index is 790. The molecule has 2 aromatic rings. The highest BCUT2D eigenvalue weighted by molar-refractivity contribution is 7.12. The van der Waals surface area contributed by atoms with Crippen LogP contribution in [0.5, 0.6) is 0 Å². The average Bonchev–Trinajstić information content (AvgIpc) is 2.97. The molecule has 0 saturated carbocycles. The van der Waals surface area contributed by atoms with Crippen LogP contribution >= 0.6 is 22.9 Å². The van der Waals surface area contributed by atoms with Crippen LogP contribution in [0, 0.1) is 17.0 Å². The van der Waals surface area contributed by atoms with Crippen LogP contribution in [0.25, 0.3) is 0 Å². The average molecular weight is 369 g/mol. The van der Waals surface area contributed by atoms with Gasteiger partial charge in [0.25, 0.3) is 11.6 Å². The van der Waals surface area contributed by atoms with Crippen molar-refractivity contribution in [2.75, 3.05) is 13.2 Å². The molecule has 0 saturated heterocycles. The summed E-state index contributed by atoms with van der Waals surface area (Å²) in [7, 11) is 0. The van der Waals surface area contributed by atoms with Gasteiger partial charge in [-0.25, -0.2) is 4.79 Å². The summed E-state index contributed by atoms with van der Waals surface area (Å²) >= 11 is 7.16. The number of halogens is 1. The van der Waals surface area contributed by atoms with Crippen molar-refractivity contribution in [3.8, 4) is 0 Å². The van der Waals surface area contributed by atoms with Crippen LogP contribution in [0.4, 0.5) is 5.69 Å². The normalized spacial score (nSPS) is 10.2. The summed E-state index contributed by atoms with van der Waals surface area (Å²) in [5, 5.41) is 14.9. The number of hydrogen-bond acceptors (Lipinski definition) is 6. The molecule has 7 nitrogen and oxygen atoms in total. The Morgan fingerprint density at radius 3 is 2.71 bits per heavy atom. The first-order valence-electron chi connectivity index (χ1n) is 6.83. The smallest absolute Gasteiger partial charge is 0.348 e. The number of benzene rings is 1. The highest BCUT2D eigenvalue weighted by Crippen LogP contribution is 2.22. The van der Waals surface area contributed by atoms with E-state index in [0.29, 0.717) is 4.88 Å². The summed E-state index contributed by atoms with van der Waals surface area (Å²) in [6.45, 7) is 1.92. The Labute approximate surface area is 146 Å². The van der Waals surface area contributed by atoms with Crippen molar-refractivity contribution in [1.82, 2.24) is 5.32 Å². The van der Waals surface area contributed by atoms with Crippen molar-refractivity contribution in [2.45, 2.75) is 6.92 Å². The van der Waals surface area contributed by atoms with Gasteiger partial charge in [0.1, 0.15) is 11.5 Å². The van der Waals surface area contributed by atoms with E-state index in [1.54, 1.807) is 5.38 Å². The van der Waals surface area contributed by atoms with Gasteiger partial charge in [0.15, 0.2) is 0 Å². The number of rotatable bonds is 6. The Balaban J connectivity index is 1.84. The molecular weight excluding hydrogens is 356 g/mol. The van der Waals surface area contributed by atoms with E-state index in [0.717, 1.165) is 11.6 Å². The Morgan fingerprint density at radius 2 is 2.12 bits per heavy atom. The monoisotopic (exact) mass is 368 g/mol. The van der Waals surface area contributed by atoms with Crippen molar-refractivity contribution in [2.24, 2.45) is 0 Å². The van der Waals surface area contributed by atoms with E-state index >= 15 is 0 Å². The zero-order valence-corrected chi connectivity index (χ0v) is 14.1. The second-order valence-corrected chi connectivity index (χ2v) is 6.07. The maximum Gasteiger partial charge on any atom is 0.348 e. The molecule has 0 bridgehead atoms. The number of nitro benzene ring substituents is 1. The second-order valence-electron chi connectivity index (χ2n) is 4.75. The number of hydrogen-bond donors (Lipinski definition) is 1. The van der Waals surface area contributed by atoms with Gasteiger partial charge in [-0.2, -0.15) is 0 Å². The van der Waals surface area contributed by atoms with Crippen LogP contribution in [0.2, 0.25) is 5.02 Å². The highest BCUT2D eigenvalue weighted by Gasteiger charge is 2.15. The zero-order valence-electron chi connectivity index (χ0n) is 12.6. The predicted octanol–water partition coefficient (Wildman–Crippen LogP) is 3.20. The predicted molar refractivity (Wildman–Crippen MR) is 89.8 cm³/mol. The zero-order chi connectivity index (χ0) is 17.7. The second kappa shape index (κ2) is 7.89. The van der Waals surface area contributed by atoms with Crippen molar-refractivity contribution in [3.63, 3.8) is 0 Å². The van der Waals surface area contributed by atoms with Gasteiger partial charge in [0.05, 0.1) is 22.1 Å². The first-order valence-corrected chi connectivity index (χ1v) is 8.09. The number of nitrogens with zero attached hydrogens (tertiary/aromatic N) is 1. The third-order valence-electron chi connectivity index (χ3n) is 3.08. The van der Waals surface area contributed by atoms with Gasteiger partial charge >= 0.3 is 5.97 Å². The van der Waals surface area contributed by atoms with E-state index in [-0.39, 0.29) is 29.4 Å². The molecule has 0 aliphatic heterocycles. The van der Waals surface area contributed by atoms with E-state index in [9.17, 15) is 19.7 Å². The lowest BCUT2D eigenvalue weighted by Crippen LogP contribution is -2.28. The van der Waals surface area contributed by atoms with Crippen LogP contribution < -0.4 is 5.32 Å². The SMILES string of the molecule is Cc1ccsc1C(=O)OCCNC(=O)c1ccc([N+](=O)[O-])cc1Cl. The summed E-state index contributed by atoms with van der Waals surface area (Å²) in [6.07, 6.45) is 0. The molecule has 1 heterocycles. The molecule has 126 valence electrons. The van der Waals surface area contributed by atoms with Gasteiger partial charge in [-0.1, -0.05) is 11.6 Å². The summed E-state index contributed by atoms with van der Waals surface area (Å²) in [5.74, 6) is -0.941. The standard InChI is InChI=1S/C15H13ClN2O5S/c1-9-4-7-24-13(9)15(20)23-6-5-17-14(19)11-3-2-10(18(21)22)8-12(11)16/h2-4,7-8H,5-6H2,1H3,(H,17,19). The Kier molecular flexibility index (Phi) is 5.88. The van der Waals surface area contributed by atoms with Crippen molar-refractivity contribution >= 4 is 40.5 Å². The van der Waals surface area contributed by atoms with Crippen LogP contribution in [0.3, 0.4) is 0 Å². The number of amides is 1. The van der Waals surface area contributed by atoms with Gasteiger partial charge in [-0.15, -0.1) is 11.3 Å². The third-order valence-corrected chi connectivity index (χ3v) is 4.39. The molecule has 2 rings (SSSR count). The maximum atomic E-state index is 12.0. The fourth-order valence-electron chi connectivity index (χ4n) is 1.85. The molecule has 1 N–H and O–H groups in total. The number of carbonyl (C=O) groups excluding carboxylic acids is 2. The number of nitro groups is 1. The fourth-order valence-corrected chi connectivity index (χ4v) is 2.93. The van der Waals surface area contributed by atoms with E-state index < -0.39 is 16.8 Å². The molecule has 1 amide bonds. The molecule has 0 aliphatic rings. The van der Waals surface area contributed by atoms with E-state index in [1.165, 1.54) is 23.5 Å². The van der Waals surface area contributed by atoms with Crippen LogP contribution in [-0.2, 0) is 4.74 Å². The lowest BCUT2D eigenvalue weighted by atomic mass is 10.2. The van der Waals surface area contributed by atoms with E-state index in [1.807, 2.05) is 13.0 Å². The minimum absolute atomic E-state index is 0.00646. The molecule has 0 radical (unpaired) electrons. The summed E-state index contributed by atoms with van der Waals surface area (Å²) in [4.78, 5) is 34.3. The molecule has 9 heteroatoms. The van der Waals surface area contributed by atoms with Crippen LogP contribution in [0.15, 0.2) is 29.6 Å². The molecule has 1 aromatic carbocycles. The van der Waals surface area contributed by atoms with Crippen LogP contribution in [0.1, 0.15) is 25.6 Å². The molecule has 0 unspecified atom stereocenters. The number of non-ortho nitro benzene ring substituents is 1. The Hall–Kier alpha value is -2.45. The molecule has 0 atom stereocenters. The molecule has 1 aromatic heterocycles. The highest BCUT2D eigenvalue weighted by atomic mass is 35.5. The van der Waals surface area contributed by atoms with Gasteiger partial charge in [0, 0.05) is 12.1 Å². The lowest BCUT2D eigenvalue weighted by Gasteiger charge is -2.07. The minimum Gasteiger partial charge on any atom is -0.460 e.